The maximum atomic E-state index is 14.4. The first-order valence-electron chi connectivity index (χ1n) is 16.5. The van der Waals surface area contributed by atoms with Crippen molar-refractivity contribution in [2.24, 2.45) is 10.8 Å². The normalized spacial score (nSPS) is 18.8. The molecule has 4 aromatic rings. The first kappa shape index (κ1) is 34.9. The van der Waals surface area contributed by atoms with E-state index in [1.165, 1.54) is 18.2 Å². The van der Waals surface area contributed by atoms with Crippen molar-refractivity contribution in [1.29, 1.82) is 0 Å². The van der Waals surface area contributed by atoms with Crippen LogP contribution in [0.25, 0.3) is 11.3 Å². The molecule has 6 rings (SSSR count). The Bertz CT molecular complexity index is 2040. The average molecular weight is 699 g/mol. The molecule has 1 fully saturated rings. The van der Waals surface area contributed by atoms with Crippen LogP contribution in [0.4, 0.5) is 11.6 Å². The summed E-state index contributed by atoms with van der Waals surface area (Å²) in [5.74, 6) is -0.218. The zero-order valence-electron chi connectivity index (χ0n) is 29.4. The summed E-state index contributed by atoms with van der Waals surface area (Å²) < 4.78 is 36.0. The van der Waals surface area contributed by atoms with Crippen molar-refractivity contribution in [2.45, 2.75) is 78.9 Å². The summed E-state index contributed by atoms with van der Waals surface area (Å²) in [4.78, 5) is 53.0. The van der Waals surface area contributed by atoms with Gasteiger partial charge < -0.3 is 14.5 Å². The molecule has 0 spiro atoms. The summed E-state index contributed by atoms with van der Waals surface area (Å²) in [6.45, 7) is 14.5. The molecule has 4 bridgehead atoms. The predicted molar refractivity (Wildman–Crippen MR) is 188 cm³/mol. The SMILES string of the molecule is Cc1cccc(C)c1-c1cc2nc(n1)NS(=O)(=O)c1cccc(n1)C(=O)N(Cc1ncc(N3CCC(C)(C)C3=O)cn1)[C@H](CC(C)(C)C)CO2. The van der Waals surface area contributed by atoms with Crippen molar-refractivity contribution in [3.63, 3.8) is 0 Å². The largest absolute Gasteiger partial charge is 0.475 e. The quantitative estimate of drug-likeness (QED) is 0.288. The summed E-state index contributed by atoms with van der Waals surface area (Å²) in [6.07, 6.45) is 4.42. The molecule has 50 heavy (non-hydrogen) atoms. The van der Waals surface area contributed by atoms with Crippen LogP contribution in [-0.2, 0) is 21.4 Å². The van der Waals surface area contributed by atoms with E-state index < -0.39 is 27.4 Å². The number of fused-ring (bicyclic) bond motifs is 4. The third-order valence-corrected chi connectivity index (χ3v) is 10.2. The molecule has 5 heterocycles. The Balaban J connectivity index is 1.43. The molecule has 0 radical (unpaired) electrons. The van der Waals surface area contributed by atoms with Gasteiger partial charge in [0.25, 0.3) is 15.9 Å². The van der Waals surface area contributed by atoms with Gasteiger partial charge in [0.15, 0.2) is 5.03 Å². The molecule has 14 heteroatoms. The zero-order chi connectivity index (χ0) is 36.0. The van der Waals surface area contributed by atoms with E-state index in [1.807, 2.05) is 45.9 Å². The molecule has 2 aliphatic heterocycles. The molecule has 0 aliphatic carbocycles. The molecule has 13 nitrogen and oxygen atoms in total. The Morgan fingerprint density at radius 3 is 2.28 bits per heavy atom. The molecular weight excluding hydrogens is 657 g/mol. The third-order valence-electron chi connectivity index (χ3n) is 8.96. The number of aryl methyl sites for hydroxylation is 2. The van der Waals surface area contributed by atoms with Crippen LogP contribution in [-0.4, -0.2) is 69.2 Å². The van der Waals surface area contributed by atoms with Gasteiger partial charge in [-0.25, -0.2) is 24.7 Å². The lowest BCUT2D eigenvalue weighted by Gasteiger charge is -2.35. The van der Waals surface area contributed by atoms with Crippen LogP contribution < -0.4 is 14.4 Å². The van der Waals surface area contributed by atoms with Crippen LogP contribution in [0.3, 0.4) is 0 Å². The monoisotopic (exact) mass is 698 g/mol. The highest BCUT2D eigenvalue weighted by atomic mass is 32.2. The van der Waals surface area contributed by atoms with Crippen LogP contribution in [0.5, 0.6) is 5.88 Å². The number of nitrogens with one attached hydrogen (secondary N) is 1. The van der Waals surface area contributed by atoms with Gasteiger partial charge in [0.05, 0.1) is 36.4 Å². The van der Waals surface area contributed by atoms with E-state index in [-0.39, 0.29) is 47.0 Å². The van der Waals surface area contributed by atoms with Gasteiger partial charge in [0, 0.05) is 23.6 Å². The van der Waals surface area contributed by atoms with Crippen molar-refractivity contribution in [1.82, 2.24) is 29.8 Å². The lowest BCUT2D eigenvalue weighted by atomic mass is 9.87. The van der Waals surface area contributed by atoms with Crippen molar-refractivity contribution in [3.05, 3.63) is 77.5 Å². The number of hydrogen-bond acceptors (Lipinski definition) is 10. The van der Waals surface area contributed by atoms with E-state index in [1.54, 1.807) is 28.3 Å². The summed E-state index contributed by atoms with van der Waals surface area (Å²) >= 11 is 0. The smallest absolute Gasteiger partial charge is 0.281 e. The van der Waals surface area contributed by atoms with Crippen LogP contribution in [0.2, 0.25) is 0 Å². The number of sulfonamides is 1. The number of amides is 2. The predicted octanol–water partition coefficient (Wildman–Crippen LogP) is 5.35. The number of benzene rings is 1. The molecule has 0 saturated carbocycles. The minimum atomic E-state index is -4.32. The molecule has 0 unspecified atom stereocenters. The van der Waals surface area contributed by atoms with Gasteiger partial charge in [-0.2, -0.15) is 13.4 Å². The van der Waals surface area contributed by atoms with Crippen molar-refractivity contribution in [3.8, 4) is 17.1 Å². The molecule has 1 aromatic carbocycles. The van der Waals surface area contributed by atoms with E-state index in [4.69, 9.17) is 4.74 Å². The fourth-order valence-corrected chi connectivity index (χ4v) is 7.25. The summed E-state index contributed by atoms with van der Waals surface area (Å²) in [6, 6.07) is 11.2. The third kappa shape index (κ3) is 7.30. The molecule has 3 aromatic heterocycles. The van der Waals surface area contributed by atoms with Crippen molar-refractivity contribution in [2.75, 3.05) is 22.8 Å². The first-order valence-corrected chi connectivity index (χ1v) is 18.0. The highest BCUT2D eigenvalue weighted by Gasteiger charge is 2.39. The number of nitrogens with zero attached hydrogens (tertiary/aromatic N) is 7. The number of carbonyl (C=O) groups is 2. The van der Waals surface area contributed by atoms with Gasteiger partial charge in [0.2, 0.25) is 17.7 Å². The number of ether oxygens (including phenoxy) is 1. The van der Waals surface area contributed by atoms with Crippen molar-refractivity contribution < 1.29 is 22.7 Å². The fraction of sp³-hybridized carbons (Fsp3) is 0.417. The van der Waals surface area contributed by atoms with Gasteiger partial charge in [-0.05, 0) is 55.4 Å². The number of aromatic nitrogens is 5. The Hall–Kier alpha value is -4.98. The van der Waals surface area contributed by atoms with E-state index in [2.05, 4.69) is 50.4 Å². The molecule has 1 saturated heterocycles. The van der Waals surface area contributed by atoms with Crippen LogP contribution in [0.15, 0.2) is 59.9 Å². The van der Waals surface area contributed by atoms with E-state index >= 15 is 0 Å². The Kier molecular flexibility index (Phi) is 9.10. The van der Waals surface area contributed by atoms with Crippen molar-refractivity contribution >= 4 is 33.5 Å². The molecular formula is C36H42N8O5S. The van der Waals surface area contributed by atoms with Crippen LogP contribution in [0, 0.1) is 24.7 Å². The minimum Gasteiger partial charge on any atom is -0.475 e. The van der Waals surface area contributed by atoms with Gasteiger partial charge in [-0.1, -0.05) is 58.9 Å². The Morgan fingerprint density at radius 2 is 1.64 bits per heavy atom. The summed E-state index contributed by atoms with van der Waals surface area (Å²) in [5, 5.41) is -0.364. The molecule has 1 N–H and O–H groups in total. The number of pyridine rings is 1. The van der Waals surface area contributed by atoms with E-state index in [9.17, 15) is 18.0 Å². The lowest BCUT2D eigenvalue weighted by molar-refractivity contribution is -0.124. The van der Waals surface area contributed by atoms with Gasteiger partial charge in [-0.15, -0.1) is 0 Å². The van der Waals surface area contributed by atoms with Gasteiger partial charge in [-0.3, -0.25) is 9.59 Å². The summed E-state index contributed by atoms with van der Waals surface area (Å²) in [7, 11) is -4.32. The maximum Gasteiger partial charge on any atom is 0.281 e. The topological polar surface area (TPSA) is 160 Å². The Morgan fingerprint density at radius 1 is 0.960 bits per heavy atom. The second kappa shape index (κ2) is 13.0. The number of rotatable bonds is 5. The first-order chi connectivity index (χ1) is 23.5. The number of anilines is 2. The standard InChI is InChI=1S/C36H42N8O5S/c1-22-10-8-11-23(2)31(22)27-16-29-41-34(40-27)42-50(47,48)30-13-9-12-26(39-30)32(45)44(24(21-49-29)17-35(3,4)5)20-28-37-18-25(19-38-28)43-15-14-36(6,7)33(43)46/h8-13,16,18-19,24H,14-15,17,20-21H2,1-7H3,(H,40,41,42)/t24-/m1/s1. The second-order valence-corrected chi connectivity index (χ2v) is 16.4. The molecule has 2 aliphatic rings. The highest BCUT2D eigenvalue weighted by Crippen LogP contribution is 2.34. The van der Waals surface area contributed by atoms with E-state index in [0.29, 0.717) is 30.2 Å². The van der Waals surface area contributed by atoms with Gasteiger partial charge in [0.1, 0.15) is 18.1 Å². The molecule has 2 amide bonds. The summed E-state index contributed by atoms with van der Waals surface area (Å²) in [5.41, 5.74) is 3.00. The highest BCUT2D eigenvalue weighted by molar-refractivity contribution is 7.92. The molecule has 262 valence electrons. The number of hydrogen-bond donors (Lipinski definition) is 1. The zero-order valence-corrected chi connectivity index (χ0v) is 30.2. The van der Waals surface area contributed by atoms with E-state index in [0.717, 1.165) is 23.1 Å². The lowest BCUT2D eigenvalue weighted by Crippen LogP contribution is -2.45. The van der Waals surface area contributed by atoms with Crippen LogP contribution in [0.1, 0.15) is 74.9 Å². The Labute approximate surface area is 292 Å². The fourth-order valence-electron chi connectivity index (χ4n) is 6.34. The van der Waals surface area contributed by atoms with Crippen LogP contribution >= 0.6 is 0 Å². The average Bonchev–Trinajstić information content (AvgIpc) is 3.32. The number of carbonyl (C=O) groups excluding carboxylic acids is 2. The second-order valence-electron chi connectivity index (χ2n) is 14.8. The van der Waals surface area contributed by atoms with Gasteiger partial charge >= 0.3 is 0 Å². The maximum absolute atomic E-state index is 14.4. The molecule has 1 atom stereocenters. The minimum absolute atomic E-state index is 0.00872.